The molecule has 0 aliphatic carbocycles. The van der Waals surface area contributed by atoms with Crippen LogP contribution in [-0.4, -0.2) is 32.5 Å². The van der Waals surface area contributed by atoms with Crippen molar-refractivity contribution in [2.45, 2.75) is 33.7 Å². The summed E-state index contributed by atoms with van der Waals surface area (Å²) >= 11 is 1.70. The summed E-state index contributed by atoms with van der Waals surface area (Å²) in [5.41, 5.74) is 1.10. The lowest BCUT2D eigenvalue weighted by Crippen LogP contribution is -2.39. The fourth-order valence-electron chi connectivity index (χ4n) is 1.87. The maximum Gasteiger partial charge on any atom is 0.315 e. The largest absolute Gasteiger partial charge is 0.337 e. The van der Waals surface area contributed by atoms with Crippen LogP contribution in [0.2, 0.25) is 0 Å². The van der Waals surface area contributed by atoms with E-state index in [0.29, 0.717) is 0 Å². The Morgan fingerprint density at radius 1 is 1.40 bits per heavy atom. The molecule has 1 aromatic heterocycles. The second kappa shape index (κ2) is 7.08. The molecule has 0 saturated carbocycles. The Balaban J connectivity index is 2.45. The quantitative estimate of drug-likeness (QED) is 0.844. The highest BCUT2D eigenvalue weighted by Gasteiger charge is 2.14. The minimum Gasteiger partial charge on any atom is -0.337 e. The molecular weight excluding hydrogens is 296 g/mol. The number of carbonyl (C=O) groups excluding carboxylic acids is 1. The normalized spacial score (nSPS) is 13.0. The van der Waals surface area contributed by atoms with Crippen LogP contribution in [-0.2, 0) is 9.84 Å². The molecule has 2 N–H and O–H groups in total. The first-order valence-electron chi connectivity index (χ1n) is 6.57. The van der Waals surface area contributed by atoms with Crippen LogP contribution in [0.5, 0.6) is 0 Å². The van der Waals surface area contributed by atoms with Gasteiger partial charge in [-0.25, -0.2) is 13.2 Å². The zero-order chi connectivity index (χ0) is 15.3. The van der Waals surface area contributed by atoms with Gasteiger partial charge in [0.15, 0.2) is 9.84 Å². The number of rotatable bonds is 6. The summed E-state index contributed by atoms with van der Waals surface area (Å²) < 4.78 is 22.6. The van der Waals surface area contributed by atoms with Crippen molar-refractivity contribution in [3.63, 3.8) is 0 Å². The van der Waals surface area contributed by atoms with Crippen molar-refractivity contribution in [2.24, 2.45) is 0 Å². The number of aryl methyl sites for hydroxylation is 2. The van der Waals surface area contributed by atoms with E-state index in [9.17, 15) is 13.2 Å². The number of thiophene rings is 1. The third-order valence-corrected chi connectivity index (χ3v) is 5.72. The van der Waals surface area contributed by atoms with Gasteiger partial charge in [0.1, 0.15) is 0 Å². The molecule has 0 aliphatic rings. The molecule has 0 spiro atoms. The highest BCUT2D eigenvalue weighted by molar-refractivity contribution is 7.91. The average molecular weight is 318 g/mol. The van der Waals surface area contributed by atoms with Gasteiger partial charge >= 0.3 is 6.03 Å². The molecule has 0 aromatic carbocycles. The van der Waals surface area contributed by atoms with Crippen molar-refractivity contribution in [3.05, 3.63) is 21.4 Å². The van der Waals surface area contributed by atoms with Crippen molar-refractivity contribution in [1.29, 1.82) is 0 Å². The summed E-state index contributed by atoms with van der Waals surface area (Å²) in [6, 6.07) is 1.63. The second-order valence-electron chi connectivity index (χ2n) is 4.73. The Bertz CT molecular complexity index is 564. The number of carbonyl (C=O) groups is 1. The number of hydrogen-bond acceptors (Lipinski definition) is 4. The first-order chi connectivity index (χ1) is 9.25. The van der Waals surface area contributed by atoms with Crippen LogP contribution in [0.4, 0.5) is 4.79 Å². The summed E-state index contributed by atoms with van der Waals surface area (Å²) in [6.45, 7) is 7.70. The minimum absolute atomic E-state index is 0.0259. The van der Waals surface area contributed by atoms with E-state index in [2.05, 4.69) is 16.7 Å². The van der Waals surface area contributed by atoms with E-state index in [4.69, 9.17) is 0 Å². The van der Waals surface area contributed by atoms with Crippen molar-refractivity contribution in [1.82, 2.24) is 10.6 Å². The van der Waals surface area contributed by atoms with Crippen LogP contribution in [0.3, 0.4) is 0 Å². The molecule has 20 heavy (non-hydrogen) atoms. The predicted octanol–water partition coefficient (Wildman–Crippen LogP) is 2.16. The lowest BCUT2D eigenvalue weighted by molar-refractivity contribution is 0.238. The van der Waals surface area contributed by atoms with Gasteiger partial charge in [-0.15, -0.1) is 11.3 Å². The molecule has 1 heterocycles. The number of nitrogens with one attached hydrogen (secondary N) is 2. The average Bonchev–Trinajstić information content (AvgIpc) is 2.68. The van der Waals surface area contributed by atoms with Crippen LogP contribution < -0.4 is 10.6 Å². The fourth-order valence-corrected chi connectivity index (χ4v) is 3.59. The van der Waals surface area contributed by atoms with Crippen LogP contribution in [0.15, 0.2) is 6.07 Å². The lowest BCUT2D eigenvalue weighted by atomic mass is 10.1. The molecule has 0 radical (unpaired) electrons. The Kier molecular flexibility index (Phi) is 6.01. The highest BCUT2D eigenvalue weighted by Crippen LogP contribution is 2.25. The molecule has 1 aromatic rings. The summed E-state index contributed by atoms with van der Waals surface area (Å²) in [5, 5.41) is 5.39. The number of urea groups is 1. The number of hydrogen-bond donors (Lipinski definition) is 2. The van der Waals surface area contributed by atoms with Gasteiger partial charge < -0.3 is 10.6 Å². The zero-order valence-electron chi connectivity index (χ0n) is 12.3. The molecule has 1 atom stereocenters. The van der Waals surface area contributed by atoms with Crippen LogP contribution in [0.25, 0.3) is 0 Å². The summed E-state index contributed by atoms with van der Waals surface area (Å²) in [6.07, 6.45) is 0. The van der Waals surface area contributed by atoms with Crippen molar-refractivity contribution in [2.75, 3.05) is 18.1 Å². The van der Waals surface area contributed by atoms with Gasteiger partial charge in [-0.3, -0.25) is 0 Å². The number of amides is 2. The Morgan fingerprint density at radius 3 is 2.55 bits per heavy atom. The summed E-state index contributed by atoms with van der Waals surface area (Å²) in [5.74, 6) is 0.0714. The zero-order valence-corrected chi connectivity index (χ0v) is 14.0. The van der Waals surface area contributed by atoms with Crippen LogP contribution in [0, 0.1) is 13.8 Å². The van der Waals surface area contributed by atoms with E-state index in [-0.39, 0.29) is 30.1 Å². The van der Waals surface area contributed by atoms with E-state index in [1.54, 1.807) is 18.3 Å². The van der Waals surface area contributed by atoms with Gasteiger partial charge in [0.25, 0.3) is 0 Å². The standard InChI is InChI=1S/C13H22N2O3S2/c1-5-20(17,18)7-6-14-13(16)15-10(3)12-8-9(2)19-11(12)4/h8,10H,5-7H2,1-4H3,(H2,14,15,16)/t10-/m0/s1. The molecule has 5 nitrogen and oxygen atoms in total. The molecule has 1 rings (SSSR count). The monoisotopic (exact) mass is 318 g/mol. The smallest absolute Gasteiger partial charge is 0.315 e. The number of sulfone groups is 1. The second-order valence-corrected chi connectivity index (χ2v) is 8.66. The van der Waals surface area contributed by atoms with E-state index >= 15 is 0 Å². The molecule has 0 fully saturated rings. The Labute approximate surface area is 124 Å². The van der Waals surface area contributed by atoms with Crippen molar-refractivity contribution < 1.29 is 13.2 Å². The van der Waals surface area contributed by atoms with Gasteiger partial charge in [-0.05, 0) is 32.4 Å². The van der Waals surface area contributed by atoms with E-state index in [0.717, 1.165) is 5.56 Å². The fraction of sp³-hybridized carbons (Fsp3) is 0.615. The van der Waals surface area contributed by atoms with Gasteiger partial charge in [0, 0.05) is 22.1 Å². The van der Waals surface area contributed by atoms with Gasteiger partial charge in [-0.2, -0.15) is 0 Å². The van der Waals surface area contributed by atoms with Gasteiger partial charge in [0.2, 0.25) is 0 Å². The third-order valence-electron chi connectivity index (χ3n) is 3.03. The van der Waals surface area contributed by atoms with Crippen molar-refractivity contribution in [3.8, 4) is 0 Å². The first-order valence-corrected chi connectivity index (χ1v) is 9.20. The summed E-state index contributed by atoms with van der Waals surface area (Å²) in [7, 11) is -3.04. The lowest BCUT2D eigenvalue weighted by Gasteiger charge is -2.14. The van der Waals surface area contributed by atoms with Crippen molar-refractivity contribution >= 4 is 27.2 Å². The summed E-state index contributed by atoms with van der Waals surface area (Å²) in [4.78, 5) is 14.1. The molecule has 7 heteroatoms. The van der Waals surface area contributed by atoms with E-state index in [1.807, 2.05) is 20.8 Å². The van der Waals surface area contributed by atoms with Crippen LogP contribution in [0.1, 0.15) is 35.2 Å². The first kappa shape index (κ1) is 17.0. The molecule has 0 saturated heterocycles. The topological polar surface area (TPSA) is 75.3 Å². The minimum atomic E-state index is -3.04. The van der Waals surface area contributed by atoms with Gasteiger partial charge in [-0.1, -0.05) is 6.92 Å². The molecule has 0 aliphatic heterocycles. The van der Waals surface area contributed by atoms with E-state index in [1.165, 1.54) is 9.75 Å². The molecule has 0 bridgehead atoms. The maximum atomic E-state index is 11.7. The van der Waals surface area contributed by atoms with Crippen LogP contribution >= 0.6 is 11.3 Å². The molecule has 2 amide bonds. The molecule has 114 valence electrons. The Hall–Kier alpha value is -1.08. The van der Waals surface area contributed by atoms with Gasteiger partial charge in [0.05, 0.1) is 11.8 Å². The SMILES string of the molecule is CCS(=O)(=O)CCNC(=O)N[C@@H](C)c1cc(C)sc1C. The third kappa shape index (κ3) is 5.13. The molecule has 0 unspecified atom stereocenters. The maximum absolute atomic E-state index is 11.7. The Morgan fingerprint density at radius 2 is 2.05 bits per heavy atom. The predicted molar refractivity (Wildman–Crippen MR) is 83.1 cm³/mol. The van der Waals surface area contributed by atoms with E-state index < -0.39 is 9.84 Å². The highest BCUT2D eigenvalue weighted by atomic mass is 32.2. The molecular formula is C13H22N2O3S2.